The van der Waals surface area contributed by atoms with Crippen molar-refractivity contribution in [2.24, 2.45) is 17.3 Å². The number of carbonyl (C=O) groups is 1. The van der Waals surface area contributed by atoms with Crippen molar-refractivity contribution in [1.29, 1.82) is 0 Å². The highest BCUT2D eigenvalue weighted by atomic mass is 16.3. The van der Waals surface area contributed by atoms with Crippen LogP contribution in [0.15, 0.2) is 0 Å². The fourth-order valence-electron chi connectivity index (χ4n) is 2.90. The fourth-order valence-corrected chi connectivity index (χ4v) is 2.90. The smallest absolute Gasteiger partial charge is 0.222 e. The highest BCUT2D eigenvalue weighted by Gasteiger charge is 2.28. The van der Waals surface area contributed by atoms with Crippen LogP contribution in [-0.4, -0.2) is 35.1 Å². The number of hydrogen-bond acceptors (Lipinski definition) is 2. The van der Waals surface area contributed by atoms with E-state index in [9.17, 15) is 9.90 Å². The number of nitrogens with zero attached hydrogens (tertiary/aromatic N) is 1. The van der Waals surface area contributed by atoms with Crippen molar-refractivity contribution < 1.29 is 9.90 Å². The average molecular weight is 255 g/mol. The summed E-state index contributed by atoms with van der Waals surface area (Å²) in [6, 6.07) is 0. The molecule has 1 saturated heterocycles. The van der Waals surface area contributed by atoms with Crippen molar-refractivity contribution >= 4 is 5.91 Å². The van der Waals surface area contributed by atoms with Gasteiger partial charge in [-0.1, -0.05) is 34.6 Å². The Bertz CT molecular complexity index is 283. The van der Waals surface area contributed by atoms with E-state index < -0.39 is 0 Å². The van der Waals surface area contributed by atoms with Crippen molar-refractivity contribution in [2.45, 2.75) is 60.0 Å². The minimum atomic E-state index is -0.235. The van der Waals surface area contributed by atoms with Gasteiger partial charge in [0.05, 0.1) is 6.10 Å². The van der Waals surface area contributed by atoms with Crippen molar-refractivity contribution in [3.63, 3.8) is 0 Å². The second kappa shape index (κ2) is 6.05. The van der Waals surface area contributed by atoms with E-state index in [0.717, 1.165) is 12.8 Å². The molecular weight excluding hydrogens is 226 g/mol. The zero-order valence-corrected chi connectivity index (χ0v) is 12.6. The predicted octanol–water partition coefficient (Wildman–Crippen LogP) is 2.68. The molecule has 1 aliphatic rings. The maximum absolute atomic E-state index is 12.2. The van der Waals surface area contributed by atoms with Crippen molar-refractivity contribution in [2.75, 3.05) is 13.1 Å². The van der Waals surface area contributed by atoms with Crippen LogP contribution < -0.4 is 0 Å². The Morgan fingerprint density at radius 3 is 2.56 bits per heavy atom. The lowest BCUT2D eigenvalue weighted by Crippen LogP contribution is -2.45. The Balaban J connectivity index is 2.41. The Hall–Kier alpha value is -0.570. The van der Waals surface area contributed by atoms with Gasteiger partial charge in [0.15, 0.2) is 0 Å². The molecule has 0 bridgehead atoms. The van der Waals surface area contributed by atoms with Crippen LogP contribution in [0, 0.1) is 17.3 Å². The molecule has 3 unspecified atom stereocenters. The summed E-state index contributed by atoms with van der Waals surface area (Å²) < 4.78 is 0. The van der Waals surface area contributed by atoms with E-state index >= 15 is 0 Å². The molecule has 1 N–H and O–H groups in total. The summed E-state index contributed by atoms with van der Waals surface area (Å²) in [5, 5.41) is 9.67. The number of likely N-dealkylation sites (tertiary alicyclic amines) is 1. The Labute approximate surface area is 112 Å². The molecule has 1 rings (SSSR count). The quantitative estimate of drug-likeness (QED) is 0.842. The first-order chi connectivity index (χ1) is 8.19. The van der Waals surface area contributed by atoms with Crippen LogP contribution in [0.3, 0.4) is 0 Å². The average Bonchev–Trinajstić information content (AvgIpc) is 2.18. The van der Waals surface area contributed by atoms with Crippen LogP contribution in [0.5, 0.6) is 0 Å². The highest BCUT2D eigenvalue weighted by molar-refractivity contribution is 5.76. The molecule has 0 radical (unpaired) electrons. The molecule has 0 aromatic rings. The molecule has 3 heteroatoms. The lowest BCUT2D eigenvalue weighted by atomic mass is 9.84. The van der Waals surface area contributed by atoms with E-state index in [-0.39, 0.29) is 23.3 Å². The van der Waals surface area contributed by atoms with Crippen molar-refractivity contribution in [1.82, 2.24) is 4.90 Å². The van der Waals surface area contributed by atoms with Gasteiger partial charge in [-0.2, -0.15) is 0 Å². The van der Waals surface area contributed by atoms with Crippen LogP contribution in [0.4, 0.5) is 0 Å². The molecule has 3 nitrogen and oxygen atoms in total. The maximum atomic E-state index is 12.2. The standard InChI is InChI=1S/C15H29NO2/c1-11(9-15(3,4)5)8-14(18)16-7-6-13(17)12(2)10-16/h11-13,17H,6-10H2,1-5H3. The molecule has 18 heavy (non-hydrogen) atoms. The molecule has 0 aliphatic carbocycles. The van der Waals surface area contributed by atoms with E-state index in [2.05, 4.69) is 27.7 Å². The zero-order chi connectivity index (χ0) is 13.9. The third-order valence-corrected chi connectivity index (χ3v) is 3.70. The molecule has 0 saturated carbocycles. The topological polar surface area (TPSA) is 40.5 Å². The minimum Gasteiger partial charge on any atom is -0.393 e. The summed E-state index contributed by atoms with van der Waals surface area (Å²) in [6.07, 6.45) is 2.20. The third-order valence-electron chi connectivity index (χ3n) is 3.70. The first kappa shape index (κ1) is 15.5. The highest BCUT2D eigenvalue weighted by Crippen LogP contribution is 2.27. The number of piperidine rings is 1. The first-order valence-electron chi connectivity index (χ1n) is 7.15. The summed E-state index contributed by atoms with van der Waals surface area (Å²) in [7, 11) is 0. The van der Waals surface area contributed by atoms with Crippen molar-refractivity contribution in [3.05, 3.63) is 0 Å². The number of amides is 1. The third kappa shape index (κ3) is 4.97. The van der Waals surface area contributed by atoms with Gasteiger partial charge in [-0.25, -0.2) is 0 Å². The van der Waals surface area contributed by atoms with Gasteiger partial charge < -0.3 is 10.0 Å². The van der Waals surface area contributed by atoms with Crippen LogP contribution >= 0.6 is 0 Å². The Morgan fingerprint density at radius 1 is 1.44 bits per heavy atom. The summed E-state index contributed by atoms with van der Waals surface area (Å²) >= 11 is 0. The Morgan fingerprint density at radius 2 is 2.06 bits per heavy atom. The summed E-state index contributed by atoms with van der Waals surface area (Å²) in [5.74, 6) is 0.894. The molecule has 3 atom stereocenters. The fraction of sp³-hybridized carbons (Fsp3) is 0.933. The summed E-state index contributed by atoms with van der Waals surface area (Å²) in [5.41, 5.74) is 0.283. The molecule has 1 amide bonds. The van der Waals surface area contributed by atoms with Gasteiger partial charge in [-0.3, -0.25) is 4.79 Å². The summed E-state index contributed by atoms with van der Waals surface area (Å²) in [6.45, 7) is 12.2. The van der Waals surface area contributed by atoms with Crippen LogP contribution in [0.25, 0.3) is 0 Å². The van der Waals surface area contributed by atoms with E-state index in [0.29, 0.717) is 25.4 Å². The molecule has 0 aromatic carbocycles. The van der Waals surface area contributed by atoms with Crippen LogP contribution in [0.1, 0.15) is 53.9 Å². The van der Waals surface area contributed by atoms with Gasteiger partial charge in [-0.15, -0.1) is 0 Å². The molecular formula is C15H29NO2. The zero-order valence-electron chi connectivity index (χ0n) is 12.6. The molecule has 1 heterocycles. The SMILES string of the molecule is CC(CC(=O)N1CCC(O)C(C)C1)CC(C)(C)C. The minimum absolute atomic E-state index is 0.209. The number of carbonyl (C=O) groups excluding carboxylic acids is 1. The second-order valence-electron chi connectivity index (χ2n) is 7.25. The number of rotatable bonds is 3. The van der Waals surface area contributed by atoms with Crippen LogP contribution in [0.2, 0.25) is 0 Å². The summed E-state index contributed by atoms with van der Waals surface area (Å²) in [4.78, 5) is 14.1. The molecule has 0 aromatic heterocycles. The van der Waals surface area contributed by atoms with E-state index in [1.165, 1.54) is 0 Å². The molecule has 0 spiro atoms. The van der Waals surface area contributed by atoms with Gasteiger partial charge >= 0.3 is 0 Å². The second-order valence-corrected chi connectivity index (χ2v) is 7.25. The largest absolute Gasteiger partial charge is 0.393 e. The van der Waals surface area contributed by atoms with Gasteiger partial charge in [0.25, 0.3) is 0 Å². The normalized spacial score (nSPS) is 27.1. The lowest BCUT2D eigenvalue weighted by Gasteiger charge is -2.35. The molecule has 106 valence electrons. The predicted molar refractivity (Wildman–Crippen MR) is 74.2 cm³/mol. The first-order valence-corrected chi connectivity index (χ1v) is 7.15. The van der Waals surface area contributed by atoms with E-state index in [4.69, 9.17) is 0 Å². The monoisotopic (exact) mass is 255 g/mol. The van der Waals surface area contributed by atoms with Gasteiger partial charge in [0, 0.05) is 19.5 Å². The number of aliphatic hydroxyl groups excluding tert-OH is 1. The molecule has 1 fully saturated rings. The van der Waals surface area contributed by atoms with Gasteiger partial charge in [0.1, 0.15) is 0 Å². The van der Waals surface area contributed by atoms with E-state index in [1.54, 1.807) is 0 Å². The van der Waals surface area contributed by atoms with Gasteiger partial charge in [0.2, 0.25) is 5.91 Å². The lowest BCUT2D eigenvalue weighted by molar-refractivity contribution is -0.135. The number of hydrogen-bond donors (Lipinski definition) is 1. The van der Waals surface area contributed by atoms with Crippen molar-refractivity contribution in [3.8, 4) is 0 Å². The van der Waals surface area contributed by atoms with Crippen LogP contribution in [-0.2, 0) is 4.79 Å². The van der Waals surface area contributed by atoms with Gasteiger partial charge in [-0.05, 0) is 30.1 Å². The maximum Gasteiger partial charge on any atom is 0.222 e. The Kier molecular flexibility index (Phi) is 5.20. The van der Waals surface area contributed by atoms with E-state index in [1.807, 2.05) is 11.8 Å². The molecule has 1 aliphatic heterocycles. The number of aliphatic hydroxyl groups is 1.